The second-order valence-corrected chi connectivity index (χ2v) is 5.69. The van der Waals surface area contributed by atoms with Crippen molar-refractivity contribution in [2.24, 2.45) is 5.92 Å². The first-order valence-electron chi connectivity index (χ1n) is 6.04. The number of ether oxygens (including phenoxy) is 1. The molecule has 0 N–H and O–H groups in total. The molecule has 1 aliphatic rings. The van der Waals surface area contributed by atoms with E-state index in [0.29, 0.717) is 12.2 Å². The quantitative estimate of drug-likeness (QED) is 0.849. The van der Waals surface area contributed by atoms with Crippen molar-refractivity contribution in [3.63, 3.8) is 0 Å². The van der Waals surface area contributed by atoms with Crippen LogP contribution >= 0.6 is 15.9 Å². The zero-order chi connectivity index (χ0) is 12.4. The predicted octanol–water partition coefficient (Wildman–Crippen LogP) is 3.54. The molecule has 0 unspecified atom stereocenters. The van der Waals surface area contributed by atoms with Crippen molar-refractivity contribution in [2.75, 3.05) is 6.61 Å². The molecular weight excluding hydrogens is 280 g/mol. The fraction of sp³-hybridized carbons (Fsp3) is 0.500. The van der Waals surface area contributed by atoms with Crippen LogP contribution < -0.4 is 4.74 Å². The van der Waals surface area contributed by atoms with E-state index >= 15 is 0 Å². The molecule has 2 nitrogen and oxygen atoms in total. The molecule has 92 valence electrons. The minimum Gasteiger partial charge on any atom is -0.493 e. The number of aryl methyl sites for hydroxylation is 1. The number of halogens is 1. The fourth-order valence-corrected chi connectivity index (χ4v) is 2.63. The topological polar surface area (TPSA) is 26.3 Å². The van der Waals surface area contributed by atoms with E-state index in [-0.39, 0.29) is 5.92 Å². The van der Waals surface area contributed by atoms with Crippen molar-refractivity contribution in [1.29, 1.82) is 0 Å². The lowest BCUT2D eigenvalue weighted by Crippen LogP contribution is -2.08. The molecule has 0 fully saturated rings. The molecule has 1 aromatic rings. The van der Waals surface area contributed by atoms with Gasteiger partial charge in [-0.25, -0.2) is 0 Å². The van der Waals surface area contributed by atoms with Crippen LogP contribution in [-0.4, -0.2) is 12.4 Å². The van der Waals surface area contributed by atoms with Crippen LogP contribution in [0.2, 0.25) is 0 Å². The Morgan fingerprint density at radius 1 is 1.47 bits per heavy atom. The summed E-state index contributed by atoms with van der Waals surface area (Å²) in [5, 5.41) is 0. The van der Waals surface area contributed by atoms with Crippen LogP contribution in [0.4, 0.5) is 0 Å². The van der Waals surface area contributed by atoms with E-state index < -0.39 is 0 Å². The smallest absolute Gasteiger partial charge is 0.135 e. The normalized spacial score (nSPS) is 13.6. The van der Waals surface area contributed by atoms with Crippen molar-refractivity contribution < 1.29 is 9.53 Å². The highest BCUT2D eigenvalue weighted by molar-refractivity contribution is 9.10. The Morgan fingerprint density at radius 2 is 2.24 bits per heavy atom. The highest BCUT2D eigenvalue weighted by Crippen LogP contribution is 2.33. The second-order valence-electron chi connectivity index (χ2n) is 4.77. The highest BCUT2D eigenvalue weighted by Gasteiger charge is 2.18. The van der Waals surface area contributed by atoms with Crippen LogP contribution in [-0.2, 0) is 17.6 Å². The van der Waals surface area contributed by atoms with E-state index in [2.05, 4.69) is 28.1 Å². The van der Waals surface area contributed by atoms with Crippen LogP contribution in [0.5, 0.6) is 5.75 Å². The molecule has 2 rings (SSSR count). The summed E-state index contributed by atoms with van der Waals surface area (Å²) in [6, 6.07) is 4.17. The Morgan fingerprint density at radius 3 is 2.94 bits per heavy atom. The van der Waals surface area contributed by atoms with Gasteiger partial charge in [-0.15, -0.1) is 0 Å². The maximum absolute atomic E-state index is 11.6. The Kier molecular flexibility index (Phi) is 3.87. The largest absolute Gasteiger partial charge is 0.493 e. The van der Waals surface area contributed by atoms with Crippen LogP contribution in [0.1, 0.15) is 31.4 Å². The third-order valence-corrected chi connectivity index (χ3v) is 3.57. The molecule has 0 saturated heterocycles. The average molecular weight is 297 g/mol. The fourth-order valence-electron chi connectivity index (χ4n) is 2.08. The number of hydrogen-bond acceptors (Lipinski definition) is 2. The number of ketones is 1. The Bertz CT molecular complexity index is 438. The van der Waals surface area contributed by atoms with Gasteiger partial charge in [0.15, 0.2) is 0 Å². The lowest BCUT2D eigenvalue weighted by Gasteiger charge is -2.09. The summed E-state index contributed by atoms with van der Waals surface area (Å²) in [7, 11) is 0. The molecule has 0 aromatic heterocycles. The molecule has 3 heteroatoms. The predicted molar refractivity (Wildman–Crippen MR) is 71.5 cm³/mol. The van der Waals surface area contributed by atoms with E-state index in [4.69, 9.17) is 4.74 Å². The third kappa shape index (κ3) is 2.89. The molecule has 0 saturated carbocycles. The summed E-state index contributed by atoms with van der Waals surface area (Å²) in [6.45, 7) is 4.66. The third-order valence-electron chi connectivity index (χ3n) is 3.11. The monoisotopic (exact) mass is 296 g/mol. The maximum Gasteiger partial charge on any atom is 0.135 e. The molecule has 1 aromatic carbocycles. The second kappa shape index (κ2) is 5.21. The summed E-state index contributed by atoms with van der Waals surface area (Å²) in [5.41, 5.74) is 2.41. The number of carbonyl (C=O) groups excluding carboxylic acids is 1. The number of benzene rings is 1. The zero-order valence-corrected chi connectivity index (χ0v) is 11.8. The van der Waals surface area contributed by atoms with Crippen LogP contribution in [0, 0.1) is 5.92 Å². The standard InChI is InChI=1S/C14H17BrO2/c1-9(2)13(16)4-3-10-7-12(15)8-11-5-6-17-14(10)11/h7-9H,3-6H2,1-2H3. The Hall–Kier alpha value is -0.830. The minimum atomic E-state index is 0.121. The summed E-state index contributed by atoms with van der Waals surface area (Å²) in [4.78, 5) is 11.6. The number of hydrogen-bond donors (Lipinski definition) is 0. The number of Topliss-reactive ketones (excluding diaryl/α,β-unsaturated/α-hetero) is 1. The van der Waals surface area contributed by atoms with E-state index in [1.54, 1.807) is 0 Å². The number of fused-ring (bicyclic) bond motifs is 1. The van der Waals surface area contributed by atoms with Gasteiger partial charge in [0.1, 0.15) is 11.5 Å². The lowest BCUT2D eigenvalue weighted by molar-refractivity contribution is -0.121. The SMILES string of the molecule is CC(C)C(=O)CCc1cc(Br)cc2c1OCC2. The van der Waals surface area contributed by atoms with Gasteiger partial charge in [0.05, 0.1) is 6.61 Å². The van der Waals surface area contributed by atoms with Crippen molar-refractivity contribution in [3.8, 4) is 5.75 Å². The number of carbonyl (C=O) groups is 1. The van der Waals surface area contributed by atoms with Gasteiger partial charge in [-0.05, 0) is 29.7 Å². The Balaban J connectivity index is 2.13. The summed E-state index contributed by atoms with van der Waals surface area (Å²) >= 11 is 3.51. The molecule has 0 spiro atoms. The first-order chi connectivity index (χ1) is 8.08. The van der Waals surface area contributed by atoms with Gasteiger partial charge in [0.25, 0.3) is 0 Å². The first kappa shape index (κ1) is 12.6. The van der Waals surface area contributed by atoms with E-state index in [1.165, 1.54) is 5.56 Å². The van der Waals surface area contributed by atoms with Crippen LogP contribution in [0.15, 0.2) is 16.6 Å². The van der Waals surface area contributed by atoms with E-state index in [1.807, 2.05) is 13.8 Å². The molecule has 1 heterocycles. The van der Waals surface area contributed by atoms with E-state index in [9.17, 15) is 4.79 Å². The van der Waals surface area contributed by atoms with Crippen molar-refractivity contribution in [1.82, 2.24) is 0 Å². The Labute approximate surface area is 110 Å². The lowest BCUT2D eigenvalue weighted by atomic mass is 9.99. The van der Waals surface area contributed by atoms with Gasteiger partial charge < -0.3 is 4.74 Å². The average Bonchev–Trinajstić information content (AvgIpc) is 2.72. The molecule has 0 radical (unpaired) electrons. The van der Waals surface area contributed by atoms with E-state index in [0.717, 1.165) is 35.2 Å². The molecule has 1 aliphatic heterocycles. The van der Waals surface area contributed by atoms with Crippen LogP contribution in [0.25, 0.3) is 0 Å². The molecule has 0 atom stereocenters. The van der Waals surface area contributed by atoms with Gasteiger partial charge >= 0.3 is 0 Å². The maximum atomic E-state index is 11.6. The summed E-state index contributed by atoms with van der Waals surface area (Å²) < 4.78 is 6.72. The zero-order valence-electron chi connectivity index (χ0n) is 10.3. The summed E-state index contributed by atoms with van der Waals surface area (Å²) in [5.74, 6) is 1.44. The van der Waals surface area contributed by atoms with Gasteiger partial charge in [0.2, 0.25) is 0 Å². The van der Waals surface area contributed by atoms with Gasteiger partial charge in [-0.1, -0.05) is 29.8 Å². The molecule has 17 heavy (non-hydrogen) atoms. The van der Waals surface area contributed by atoms with Gasteiger partial charge in [0, 0.05) is 23.2 Å². The summed E-state index contributed by atoms with van der Waals surface area (Å²) in [6.07, 6.45) is 2.35. The molecule has 0 amide bonds. The first-order valence-corrected chi connectivity index (χ1v) is 6.84. The van der Waals surface area contributed by atoms with Gasteiger partial charge in [-0.2, -0.15) is 0 Å². The highest BCUT2D eigenvalue weighted by atomic mass is 79.9. The van der Waals surface area contributed by atoms with Crippen molar-refractivity contribution in [2.45, 2.75) is 33.1 Å². The minimum absolute atomic E-state index is 0.121. The number of rotatable bonds is 4. The molecule has 0 bridgehead atoms. The van der Waals surface area contributed by atoms with Crippen LogP contribution in [0.3, 0.4) is 0 Å². The van der Waals surface area contributed by atoms with Crippen molar-refractivity contribution >= 4 is 21.7 Å². The molecule has 0 aliphatic carbocycles. The molecular formula is C14H17BrO2. The van der Waals surface area contributed by atoms with Gasteiger partial charge in [-0.3, -0.25) is 4.79 Å². The van der Waals surface area contributed by atoms with Crippen molar-refractivity contribution in [3.05, 3.63) is 27.7 Å².